The van der Waals surface area contributed by atoms with Gasteiger partial charge in [-0.05, 0) is 78.9 Å². The molecule has 11 rings (SSSR count). The van der Waals surface area contributed by atoms with Gasteiger partial charge in [-0.25, -0.2) is 9.37 Å². The van der Waals surface area contributed by atoms with E-state index in [9.17, 15) is 23.7 Å². The van der Waals surface area contributed by atoms with Gasteiger partial charge in [-0.3, -0.25) is 53.8 Å². The zero-order valence-corrected chi connectivity index (χ0v) is 43.1. The molecule has 1 atom stereocenters. The van der Waals surface area contributed by atoms with Crippen LogP contribution in [-0.4, -0.2) is 159 Å². The number of rotatable bonds is 12. The van der Waals surface area contributed by atoms with E-state index in [1.54, 1.807) is 43.7 Å². The smallest absolute Gasteiger partial charge is 0.264 e. The van der Waals surface area contributed by atoms with E-state index in [2.05, 4.69) is 78.8 Å². The summed E-state index contributed by atoms with van der Waals surface area (Å²) in [6.45, 7) is 9.80. The van der Waals surface area contributed by atoms with E-state index < -0.39 is 42.6 Å². The molecule has 6 aromatic rings. The minimum atomic E-state index is -2.83. The summed E-state index contributed by atoms with van der Waals surface area (Å²) in [5, 5.41) is 14.1. The molecule has 0 radical (unpaired) electrons. The van der Waals surface area contributed by atoms with Gasteiger partial charge in [0.15, 0.2) is 0 Å². The Balaban J connectivity index is 0.741. The molecule has 4 saturated heterocycles. The maximum absolute atomic E-state index is 15.0. The number of amides is 4. The Morgan fingerprint density at radius 3 is 2.25 bits per heavy atom. The molecule has 3 aromatic heterocycles. The number of halogens is 2. The van der Waals surface area contributed by atoms with Crippen molar-refractivity contribution in [2.24, 2.45) is 7.05 Å². The van der Waals surface area contributed by atoms with Crippen molar-refractivity contribution in [3.63, 3.8) is 0 Å². The number of hydrogen-bond donors (Lipinski definition) is 3. The van der Waals surface area contributed by atoms with E-state index in [1.807, 2.05) is 36.5 Å². The van der Waals surface area contributed by atoms with E-state index >= 15 is 4.39 Å². The van der Waals surface area contributed by atoms with Crippen molar-refractivity contribution in [2.45, 2.75) is 43.8 Å². The van der Waals surface area contributed by atoms with Gasteiger partial charge in [0, 0.05) is 126 Å². The zero-order chi connectivity index (χ0) is 50.9. The molecule has 3 N–H and O–H groups in total. The number of piperidine rings is 2. The van der Waals surface area contributed by atoms with E-state index in [4.69, 9.17) is 9.72 Å². The molecule has 0 saturated carbocycles. The van der Waals surface area contributed by atoms with Crippen molar-refractivity contribution in [2.75, 3.05) is 93.2 Å². The number of fused-ring (bicyclic) bond motifs is 2. The van der Waals surface area contributed by atoms with Crippen molar-refractivity contribution in [1.29, 1.82) is 0 Å². The second-order valence-electron chi connectivity index (χ2n) is 19.5. The molecule has 4 amide bonds. The van der Waals surface area contributed by atoms with Gasteiger partial charge < -0.3 is 29.7 Å². The highest BCUT2D eigenvalue weighted by Crippen LogP contribution is 2.44. The highest BCUT2D eigenvalue weighted by Gasteiger charge is 2.48. The number of aromatic nitrogens is 6. The van der Waals surface area contributed by atoms with Crippen molar-refractivity contribution < 1.29 is 32.9 Å². The second-order valence-corrected chi connectivity index (χ2v) is 23.5. The number of carbonyl (C=O) groups excluding carboxylic acids is 4. The Morgan fingerprint density at radius 1 is 0.808 bits per heavy atom. The van der Waals surface area contributed by atoms with Gasteiger partial charge in [0.1, 0.15) is 36.1 Å². The van der Waals surface area contributed by atoms with Gasteiger partial charge in [0.05, 0.1) is 56.8 Å². The third-order valence-corrected chi connectivity index (χ3v) is 16.7. The largest absolute Gasteiger partial charge is 0.494 e. The average molecular weight is 1080 g/mol. The minimum Gasteiger partial charge on any atom is -0.494 e. The molecule has 73 heavy (non-hydrogen) atoms. The molecule has 3 aromatic carbocycles. The predicted octanol–water partition coefficient (Wildman–Crippen LogP) is 5.34. The first-order valence-corrected chi connectivity index (χ1v) is 27.6. The van der Waals surface area contributed by atoms with Crippen LogP contribution in [0.3, 0.4) is 0 Å². The third kappa shape index (κ3) is 9.18. The summed E-state index contributed by atoms with van der Waals surface area (Å²) in [4.78, 5) is 80.2. The molecule has 378 valence electrons. The number of nitrogens with one attached hydrogen (secondary N) is 3. The molecule has 5 aliphatic rings. The van der Waals surface area contributed by atoms with Crippen molar-refractivity contribution in [3.05, 3.63) is 88.8 Å². The van der Waals surface area contributed by atoms with E-state index in [-0.39, 0.29) is 30.0 Å². The number of ether oxygens (including phenoxy) is 1. The Hall–Kier alpha value is -6.87. The summed E-state index contributed by atoms with van der Waals surface area (Å²) >= 11 is 3.60. The second kappa shape index (κ2) is 19.2. The Labute approximate surface area is 428 Å². The molecule has 0 spiro atoms. The molecule has 5 aliphatic heterocycles. The summed E-state index contributed by atoms with van der Waals surface area (Å²) in [5.74, 6) is -1.76. The minimum absolute atomic E-state index is 0.00771. The molecule has 4 fully saturated rings. The molecule has 8 heterocycles. The summed E-state index contributed by atoms with van der Waals surface area (Å²) < 4.78 is 37.1. The number of hydrogen-bond acceptors (Lipinski definition) is 17. The normalized spacial score (nSPS) is 19.4. The molecular weight excluding hydrogens is 1020 g/mol. The summed E-state index contributed by atoms with van der Waals surface area (Å²) in [7, 11) is 0.712. The van der Waals surface area contributed by atoms with Crippen LogP contribution in [0.5, 0.6) is 5.75 Å². The van der Waals surface area contributed by atoms with Crippen LogP contribution in [0.2, 0.25) is 0 Å². The number of aryl methyl sites for hydroxylation is 1. The molecule has 23 heteroatoms. The lowest BCUT2D eigenvalue weighted by Gasteiger charge is -2.50. The number of piperazine rings is 1. The zero-order valence-electron chi connectivity index (χ0n) is 40.6. The number of methoxy groups -OCH3 is 1. The van der Waals surface area contributed by atoms with Crippen molar-refractivity contribution >= 4 is 97.6 Å². The fourth-order valence-electron chi connectivity index (χ4n) is 10.9. The Morgan fingerprint density at radius 2 is 1.55 bits per heavy atom. The average Bonchev–Trinajstić information content (AvgIpc) is 3.90. The van der Waals surface area contributed by atoms with Gasteiger partial charge >= 0.3 is 0 Å². The quantitative estimate of drug-likeness (QED) is 0.104. The van der Waals surface area contributed by atoms with Crippen LogP contribution in [0.4, 0.5) is 38.9 Å². The van der Waals surface area contributed by atoms with Gasteiger partial charge in [-0.1, -0.05) is 0 Å². The Kier molecular flexibility index (Phi) is 12.7. The molecule has 0 bridgehead atoms. The number of benzene rings is 3. The van der Waals surface area contributed by atoms with Gasteiger partial charge in [-0.2, -0.15) is 10.1 Å². The van der Waals surface area contributed by atoms with Gasteiger partial charge in [0.25, 0.3) is 11.8 Å². The number of nitrogens with zero attached hydrogens (tertiary/aromatic N) is 11. The number of carbonyl (C=O) groups is 4. The third-order valence-electron chi connectivity index (χ3n) is 14.6. The summed E-state index contributed by atoms with van der Waals surface area (Å²) in [5.41, 5.74) is 5.85. The van der Waals surface area contributed by atoms with Gasteiger partial charge in [-0.15, -0.1) is 0 Å². The SMILES string of the molecule is COc1cc(N2CCC(N3CCN(C4CN(c5cc(F)cc6c5C(=O)N(C5CCC(=O)NC5=O)C6=O)C4)CC3)CC2)c(-c2cnn(C)c2)cc1Nc1ncc(Br)c(Nc2ccc3nccnc3c2P(C)(C)=O)n1. The van der Waals surface area contributed by atoms with Crippen LogP contribution < -0.4 is 35.8 Å². The van der Waals surface area contributed by atoms with Crippen LogP contribution in [0.15, 0.2) is 71.9 Å². The van der Waals surface area contributed by atoms with Crippen LogP contribution in [0, 0.1) is 5.82 Å². The molecule has 1 unspecified atom stereocenters. The highest BCUT2D eigenvalue weighted by atomic mass is 79.9. The number of imide groups is 2. The van der Waals surface area contributed by atoms with Crippen molar-refractivity contribution in [1.82, 2.24) is 49.7 Å². The number of anilines is 6. The van der Waals surface area contributed by atoms with Gasteiger partial charge in [0.2, 0.25) is 17.8 Å². The first-order chi connectivity index (χ1) is 35.1. The lowest BCUT2D eigenvalue weighted by Crippen LogP contribution is -2.64. The van der Waals surface area contributed by atoms with Crippen LogP contribution in [0.25, 0.3) is 22.2 Å². The lowest BCUT2D eigenvalue weighted by atomic mass is 9.97. The fraction of sp³-hybridized carbons (Fsp3) is 0.380. The fourth-order valence-corrected chi connectivity index (χ4v) is 12.6. The maximum atomic E-state index is 15.0. The maximum Gasteiger partial charge on any atom is 0.264 e. The topological polar surface area (TPSA) is 216 Å². The van der Waals surface area contributed by atoms with E-state index in [0.29, 0.717) is 74.5 Å². The lowest BCUT2D eigenvalue weighted by molar-refractivity contribution is -0.136. The molecule has 20 nitrogen and oxygen atoms in total. The standard InChI is InChI=1S/C50H53BrFN14O6P/c1-61-25-28(23-56-61)32-21-37(58-50-55-24-34(51)46(60-50)57-36-6-5-35-44(54-12-11-53-35)45(36)73(3,4)71)41(72-2)22-39(32)64-13-9-30(10-14-64)62-15-17-63(18-16-62)31-26-65(27-31)40-20-29(52)19-33-43(40)49(70)66(48(33)69)38-7-8-42(67)59-47(38)68/h5-6,11-12,19-25,30-31,38H,7-10,13-18,26-27H2,1-4H3,(H,59,67,68)(H2,55,57,58,60). The first-order valence-electron chi connectivity index (χ1n) is 24.2. The van der Waals surface area contributed by atoms with Crippen LogP contribution in [-0.2, 0) is 21.2 Å². The molecule has 0 aliphatic carbocycles. The summed E-state index contributed by atoms with van der Waals surface area (Å²) in [6, 6.07) is 9.64. The van der Waals surface area contributed by atoms with E-state index in [0.717, 1.165) is 79.9 Å². The van der Waals surface area contributed by atoms with Crippen molar-refractivity contribution in [3.8, 4) is 16.9 Å². The first kappa shape index (κ1) is 48.4. The Bertz CT molecular complexity index is 3280. The van der Waals surface area contributed by atoms with Crippen LogP contribution in [0.1, 0.15) is 46.4 Å². The van der Waals surface area contributed by atoms with E-state index in [1.165, 1.54) is 6.07 Å². The summed E-state index contributed by atoms with van der Waals surface area (Å²) in [6.07, 6.45) is 10.7. The highest BCUT2D eigenvalue weighted by molar-refractivity contribution is 9.10. The van der Waals surface area contributed by atoms with Crippen LogP contribution >= 0.6 is 23.1 Å². The molecular formula is C50H53BrFN14O6P. The monoisotopic (exact) mass is 1070 g/mol. The predicted molar refractivity (Wildman–Crippen MR) is 278 cm³/mol.